The Bertz CT molecular complexity index is 552. The zero-order valence-corrected chi connectivity index (χ0v) is 9.45. The summed E-state index contributed by atoms with van der Waals surface area (Å²) in [5, 5.41) is 16.1. The molecule has 5 nitrogen and oxygen atoms in total. The van der Waals surface area contributed by atoms with Crippen LogP contribution in [0.3, 0.4) is 0 Å². The van der Waals surface area contributed by atoms with Gasteiger partial charge in [0.15, 0.2) is 0 Å². The number of para-hydroxylation sites is 1. The van der Waals surface area contributed by atoms with Gasteiger partial charge in [-0.15, -0.1) is 0 Å². The quantitative estimate of drug-likeness (QED) is 0.474. The molecule has 88 valence electrons. The first-order valence-corrected chi connectivity index (χ1v) is 5.14. The van der Waals surface area contributed by atoms with Crippen LogP contribution in [-0.4, -0.2) is 11.7 Å². The second-order valence-electron chi connectivity index (χ2n) is 4.10. The van der Waals surface area contributed by atoms with Crippen molar-refractivity contribution in [3.63, 3.8) is 0 Å². The lowest BCUT2D eigenvalue weighted by Crippen LogP contribution is -2.48. The number of rotatable bonds is 3. The maximum absolute atomic E-state index is 7.59. The van der Waals surface area contributed by atoms with E-state index in [9.17, 15) is 0 Å². The maximum Gasteiger partial charge on any atom is 0.138 e. The number of nitrogens with one attached hydrogen (secondary N) is 2. The Balaban J connectivity index is 2.65. The first-order chi connectivity index (χ1) is 7.96. The van der Waals surface area contributed by atoms with E-state index in [-0.39, 0.29) is 11.7 Å². The minimum absolute atomic E-state index is 0.205. The normalized spacial score (nSPS) is 14.4. The number of hydrogen-bond donors (Lipinski definition) is 4. The molecule has 0 aliphatic heterocycles. The topological polar surface area (TPSA) is 113 Å². The SMILES string of the molecule is CC(C(=N)N)(C(=N)N)c1cc2ccccc2o1. The second kappa shape index (κ2) is 3.62. The van der Waals surface area contributed by atoms with E-state index in [1.807, 2.05) is 24.3 Å². The molecule has 6 N–H and O–H groups in total. The highest BCUT2D eigenvalue weighted by Gasteiger charge is 2.37. The highest BCUT2D eigenvalue weighted by molar-refractivity contribution is 6.11. The molecule has 1 heterocycles. The van der Waals surface area contributed by atoms with Gasteiger partial charge < -0.3 is 15.9 Å². The van der Waals surface area contributed by atoms with Crippen LogP contribution in [0, 0.1) is 10.8 Å². The van der Waals surface area contributed by atoms with Gasteiger partial charge in [-0.3, -0.25) is 10.8 Å². The summed E-state index contributed by atoms with van der Waals surface area (Å²) in [6.45, 7) is 1.61. The molecule has 0 aliphatic rings. The molecule has 0 bridgehead atoms. The van der Waals surface area contributed by atoms with Crippen molar-refractivity contribution in [3.8, 4) is 0 Å². The van der Waals surface area contributed by atoms with Crippen LogP contribution in [0.5, 0.6) is 0 Å². The molecule has 0 aliphatic carbocycles. The number of fused-ring (bicyclic) bond motifs is 1. The van der Waals surface area contributed by atoms with Crippen molar-refractivity contribution in [2.24, 2.45) is 11.5 Å². The van der Waals surface area contributed by atoms with E-state index in [1.54, 1.807) is 13.0 Å². The average Bonchev–Trinajstić information content (AvgIpc) is 2.70. The van der Waals surface area contributed by atoms with E-state index in [0.717, 1.165) is 5.39 Å². The average molecular weight is 230 g/mol. The van der Waals surface area contributed by atoms with Crippen LogP contribution in [0.4, 0.5) is 0 Å². The van der Waals surface area contributed by atoms with Crippen LogP contribution >= 0.6 is 0 Å². The summed E-state index contributed by atoms with van der Waals surface area (Å²) >= 11 is 0. The summed E-state index contributed by atoms with van der Waals surface area (Å²) in [6, 6.07) is 9.22. The molecule has 0 atom stereocenters. The van der Waals surface area contributed by atoms with Crippen molar-refractivity contribution < 1.29 is 4.42 Å². The predicted molar refractivity (Wildman–Crippen MR) is 67.4 cm³/mol. The van der Waals surface area contributed by atoms with Gasteiger partial charge in [-0.2, -0.15) is 0 Å². The van der Waals surface area contributed by atoms with Crippen LogP contribution in [0.2, 0.25) is 0 Å². The molecule has 2 aromatic rings. The molecule has 0 fully saturated rings. The molecule has 5 heteroatoms. The Hall–Kier alpha value is -2.30. The van der Waals surface area contributed by atoms with E-state index in [2.05, 4.69) is 0 Å². The highest BCUT2D eigenvalue weighted by Crippen LogP contribution is 2.29. The summed E-state index contributed by atoms with van der Waals surface area (Å²) < 4.78 is 5.61. The molecule has 17 heavy (non-hydrogen) atoms. The van der Waals surface area contributed by atoms with Crippen LogP contribution in [0.25, 0.3) is 11.0 Å². The zero-order valence-electron chi connectivity index (χ0n) is 9.45. The molecule has 2 rings (SSSR count). The Morgan fingerprint density at radius 3 is 2.29 bits per heavy atom. The van der Waals surface area contributed by atoms with Crippen molar-refractivity contribution in [1.29, 1.82) is 10.8 Å². The van der Waals surface area contributed by atoms with Gasteiger partial charge in [0.05, 0.1) is 0 Å². The summed E-state index contributed by atoms with van der Waals surface area (Å²) in [5.74, 6) is 0.00631. The van der Waals surface area contributed by atoms with Gasteiger partial charge in [-0.25, -0.2) is 0 Å². The van der Waals surface area contributed by atoms with Gasteiger partial charge in [0.2, 0.25) is 0 Å². The van der Waals surface area contributed by atoms with E-state index in [1.165, 1.54) is 0 Å². The molecular formula is C12H14N4O. The third kappa shape index (κ3) is 1.56. The highest BCUT2D eigenvalue weighted by atomic mass is 16.3. The van der Waals surface area contributed by atoms with E-state index >= 15 is 0 Å². The number of nitrogens with two attached hydrogens (primary N) is 2. The van der Waals surface area contributed by atoms with Crippen molar-refractivity contribution >= 4 is 22.6 Å². The van der Waals surface area contributed by atoms with Crippen molar-refractivity contribution in [2.45, 2.75) is 12.3 Å². The Kier molecular flexibility index (Phi) is 2.38. The second-order valence-corrected chi connectivity index (χ2v) is 4.10. The molecule has 0 radical (unpaired) electrons. The van der Waals surface area contributed by atoms with E-state index in [4.69, 9.17) is 26.7 Å². The number of hydrogen-bond acceptors (Lipinski definition) is 3. The van der Waals surface area contributed by atoms with Crippen molar-refractivity contribution in [3.05, 3.63) is 36.1 Å². The fourth-order valence-electron chi connectivity index (χ4n) is 1.64. The molecule has 0 saturated carbocycles. The smallest absolute Gasteiger partial charge is 0.138 e. The summed E-state index contributed by atoms with van der Waals surface area (Å²) in [4.78, 5) is 0. The summed E-state index contributed by atoms with van der Waals surface area (Å²) in [7, 11) is 0. The lowest BCUT2D eigenvalue weighted by molar-refractivity contribution is 0.513. The van der Waals surface area contributed by atoms with Gasteiger partial charge in [-0.1, -0.05) is 18.2 Å². The Morgan fingerprint density at radius 1 is 1.18 bits per heavy atom. The molecule has 1 aromatic heterocycles. The first kappa shape index (κ1) is 11.2. The molecule has 0 spiro atoms. The van der Waals surface area contributed by atoms with E-state index < -0.39 is 5.41 Å². The van der Waals surface area contributed by atoms with Gasteiger partial charge in [0.1, 0.15) is 28.4 Å². The van der Waals surface area contributed by atoms with Gasteiger partial charge >= 0.3 is 0 Å². The fourth-order valence-corrected chi connectivity index (χ4v) is 1.64. The van der Waals surface area contributed by atoms with E-state index in [0.29, 0.717) is 11.3 Å². The fraction of sp³-hybridized carbons (Fsp3) is 0.167. The van der Waals surface area contributed by atoms with Gasteiger partial charge in [0, 0.05) is 5.39 Å². The zero-order chi connectivity index (χ0) is 12.6. The number of amidine groups is 2. The van der Waals surface area contributed by atoms with Gasteiger partial charge in [0.25, 0.3) is 0 Å². The molecule has 0 saturated heterocycles. The Labute approximate surface area is 98.4 Å². The lowest BCUT2D eigenvalue weighted by atomic mass is 9.85. The summed E-state index contributed by atoms with van der Waals surface area (Å²) in [5.41, 5.74) is 10.6. The van der Waals surface area contributed by atoms with Crippen LogP contribution in [0.1, 0.15) is 12.7 Å². The summed E-state index contributed by atoms with van der Waals surface area (Å²) in [6.07, 6.45) is 0. The lowest BCUT2D eigenvalue weighted by Gasteiger charge is -2.23. The van der Waals surface area contributed by atoms with Crippen molar-refractivity contribution in [1.82, 2.24) is 0 Å². The minimum Gasteiger partial charge on any atom is -0.460 e. The molecule has 1 aromatic carbocycles. The predicted octanol–water partition coefficient (Wildman–Crippen LogP) is 1.56. The third-order valence-electron chi connectivity index (χ3n) is 3.00. The minimum atomic E-state index is -1.18. The maximum atomic E-state index is 7.59. The first-order valence-electron chi connectivity index (χ1n) is 5.14. The molecular weight excluding hydrogens is 216 g/mol. The van der Waals surface area contributed by atoms with Crippen LogP contribution in [-0.2, 0) is 5.41 Å². The number of benzene rings is 1. The monoisotopic (exact) mass is 230 g/mol. The van der Waals surface area contributed by atoms with Crippen LogP contribution < -0.4 is 11.5 Å². The largest absolute Gasteiger partial charge is 0.460 e. The third-order valence-corrected chi connectivity index (χ3v) is 3.00. The van der Waals surface area contributed by atoms with Crippen molar-refractivity contribution in [2.75, 3.05) is 0 Å². The molecule has 0 unspecified atom stereocenters. The standard InChI is InChI=1S/C12H14N4O/c1-12(10(13)14,11(15)16)9-6-7-4-2-3-5-8(7)17-9/h2-6H,1H3,(H3,13,14)(H3,15,16). The number of furan rings is 1. The Morgan fingerprint density at radius 2 is 1.76 bits per heavy atom. The van der Waals surface area contributed by atoms with Gasteiger partial charge in [-0.05, 0) is 19.1 Å². The van der Waals surface area contributed by atoms with Crippen LogP contribution in [0.15, 0.2) is 34.7 Å². The molecule has 0 amide bonds.